The highest BCUT2D eigenvalue weighted by Crippen LogP contribution is 2.29. The van der Waals surface area contributed by atoms with Crippen LogP contribution in [0, 0.1) is 0 Å². The predicted octanol–water partition coefficient (Wildman–Crippen LogP) is -7.14. The van der Waals surface area contributed by atoms with Gasteiger partial charge < -0.3 is 80.1 Å². The molecule has 3 rings (SSSR count). The van der Waals surface area contributed by atoms with Gasteiger partial charge in [0.25, 0.3) is 0 Å². The summed E-state index contributed by atoms with van der Waals surface area (Å²) in [6, 6.07) is 0. The molecule has 3 aliphatic rings. The zero-order chi connectivity index (χ0) is 28.4. The summed E-state index contributed by atoms with van der Waals surface area (Å²) in [6.45, 7) is -1.24. The van der Waals surface area contributed by atoms with Crippen LogP contribution in [0.3, 0.4) is 0 Å². The molecule has 38 heavy (non-hydrogen) atoms. The number of aliphatic hydroxyl groups is 10. The summed E-state index contributed by atoms with van der Waals surface area (Å²) >= 11 is 0. The Kier molecular flexibility index (Phi) is 14.1. The Bertz CT molecular complexity index is 675. The van der Waals surface area contributed by atoms with E-state index < -0.39 is 86.8 Å². The lowest BCUT2D eigenvalue weighted by atomic mass is 9.97. The third kappa shape index (κ3) is 8.68. The summed E-state index contributed by atoms with van der Waals surface area (Å²) in [6.07, 6.45) is -16.2. The third-order valence-corrected chi connectivity index (χ3v) is 6.23. The molecule has 9 unspecified atom stereocenters. The molecule has 11 N–H and O–H groups in total. The Morgan fingerprint density at radius 2 is 1.39 bits per heavy atom. The summed E-state index contributed by atoms with van der Waals surface area (Å²) in [4.78, 5) is 10.2. The predicted molar refractivity (Wildman–Crippen MR) is 120 cm³/mol. The molecule has 0 spiro atoms. The van der Waals surface area contributed by atoms with Crippen molar-refractivity contribution in [3.63, 3.8) is 0 Å². The molecule has 0 saturated carbocycles. The van der Waals surface area contributed by atoms with E-state index in [0.717, 1.165) is 0 Å². The summed E-state index contributed by atoms with van der Waals surface area (Å²) in [7, 11) is 0. The average Bonchev–Trinajstić information content (AvgIpc) is 2.91. The number of ether oxygens (including phenoxy) is 5. The molecule has 1 amide bonds. The Balaban J connectivity index is 0.000000423. The SMILES string of the molecule is O=CNCCO[C@H]1OC(CO)[C@@H](O)C(O[C@H]2OC(CO)[C@@H](O)C(O)C2O)C1O.OCC1CC(O)C(O)CO1. The van der Waals surface area contributed by atoms with E-state index in [1.807, 2.05) is 0 Å². The number of amides is 1. The van der Waals surface area contributed by atoms with Crippen LogP contribution in [-0.2, 0) is 28.5 Å². The van der Waals surface area contributed by atoms with Crippen molar-refractivity contribution in [2.75, 3.05) is 39.6 Å². The molecule has 0 aromatic carbocycles. The topological polar surface area (TPSA) is 278 Å². The molecule has 17 nitrogen and oxygen atoms in total. The lowest BCUT2D eigenvalue weighted by Crippen LogP contribution is -2.64. The molecule has 13 atom stereocenters. The van der Waals surface area contributed by atoms with E-state index in [4.69, 9.17) is 39.0 Å². The lowest BCUT2D eigenvalue weighted by molar-refractivity contribution is -0.359. The van der Waals surface area contributed by atoms with Crippen LogP contribution < -0.4 is 5.32 Å². The minimum Gasteiger partial charge on any atom is -0.394 e. The minimum absolute atomic E-state index is 0.0541. The number of hydrogen-bond donors (Lipinski definition) is 11. The molecular weight excluding hydrogens is 522 g/mol. The van der Waals surface area contributed by atoms with Crippen LogP contribution in [0.1, 0.15) is 6.42 Å². The van der Waals surface area contributed by atoms with Crippen LogP contribution in [0.5, 0.6) is 0 Å². The van der Waals surface area contributed by atoms with Gasteiger partial charge in [-0.15, -0.1) is 0 Å². The summed E-state index contributed by atoms with van der Waals surface area (Å²) in [5, 5.41) is 97.9. The van der Waals surface area contributed by atoms with Crippen molar-refractivity contribution in [3.8, 4) is 0 Å². The number of rotatable bonds is 10. The number of nitrogens with one attached hydrogen (secondary N) is 1. The van der Waals surface area contributed by atoms with Crippen molar-refractivity contribution in [1.82, 2.24) is 5.32 Å². The first-order valence-corrected chi connectivity index (χ1v) is 12.0. The Labute approximate surface area is 217 Å². The van der Waals surface area contributed by atoms with Gasteiger partial charge in [-0.2, -0.15) is 0 Å². The van der Waals surface area contributed by atoms with Crippen molar-refractivity contribution < 1.29 is 79.5 Å². The molecule has 0 aromatic heterocycles. The molecule has 17 heteroatoms. The molecule has 3 saturated heterocycles. The maximum atomic E-state index is 10.4. The van der Waals surface area contributed by atoms with E-state index in [1.54, 1.807) is 0 Å². The quantitative estimate of drug-likeness (QED) is 0.0873. The molecule has 0 aromatic rings. The molecule has 0 bridgehead atoms. The molecule has 3 aliphatic heterocycles. The van der Waals surface area contributed by atoms with Gasteiger partial charge in [0.05, 0.1) is 45.2 Å². The van der Waals surface area contributed by atoms with Crippen LogP contribution in [0.4, 0.5) is 0 Å². The maximum absolute atomic E-state index is 10.4. The van der Waals surface area contributed by atoms with Crippen molar-refractivity contribution in [2.45, 2.75) is 86.1 Å². The fraction of sp³-hybridized carbons (Fsp3) is 0.952. The number of hydrogen-bond acceptors (Lipinski definition) is 16. The van der Waals surface area contributed by atoms with Gasteiger partial charge >= 0.3 is 0 Å². The second kappa shape index (κ2) is 16.2. The first-order chi connectivity index (χ1) is 18.1. The van der Waals surface area contributed by atoms with E-state index in [9.17, 15) is 40.5 Å². The van der Waals surface area contributed by atoms with Gasteiger partial charge in [-0.05, 0) is 0 Å². The van der Waals surface area contributed by atoms with Crippen LogP contribution in [-0.4, -0.2) is 177 Å². The van der Waals surface area contributed by atoms with Gasteiger partial charge in [0, 0.05) is 13.0 Å². The van der Waals surface area contributed by atoms with E-state index in [1.165, 1.54) is 0 Å². The fourth-order valence-electron chi connectivity index (χ4n) is 3.95. The van der Waals surface area contributed by atoms with E-state index in [2.05, 4.69) is 5.32 Å². The summed E-state index contributed by atoms with van der Waals surface area (Å²) in [5.41, 5.74) is 0. The number of carbonyl (C=O) groups excluding carboxylic acids is 1. The molecular formula is C21H39NO16. The highest BCUT2D eigenvalue weighted by atomic mass is 16.7. The van der Waals surface area contributed by atoms with Crippen LogP contribution in [0.2, 0.25) is 0 Å². The van der Waals surface area contributed by atoms with Crippen molar-refractivity contribution in [1.29, 1.82) is 0 Å². The average molecular weight is 562 g/mol. The van der Waals surface area contributed by atoms with E-state index in [0.29, 0.717) is 12.8 Å². The zero-order valence-electron chi connectivity index (χ0n) is 20.5. The smallest absolute Gasteiger partial charge is 0.207 e. The highest BCUT2D eigenvalue weighted by molar-refractivity contribution is 5.45. The van der Waals surface area contributed by atoms with Gasteiger partial charge in [-0.1, -0.05) is 0 Å². The van der Waals surface area contributed by atoms with Crippen molar-refractivity contribution in [3.05, 3.63) is 0 Å². The van der Waals surface area contributed by atoms with Crippen LogP contribution in [0.25, 0.3) is 0 Å². The first kappa shape index (κ1) is 33.1. The fourth-order valence-corrected chi connectivity index (χ4v) is 3.95. The molecule has 0 aliphatic carbocycles. The Morgan fingerprint density at radius 3 is 1.97 bits per heavy atom. The second-order valence-electron chi connectivity index (χ2n) is 8.96. The Hall–Kier alpha value is -1.13. The first-order valence-electron chi connectivity index (χ1n) is 12.0. The maximum Gasteiger partial charge on any atom is 0.207 e. The van der Waals surface area contributed by atoms with Crippen molar-refractivity contribution >= 4 is 6.41 Å². The standard InChI is InChI=1S/C15H27NO12.C6H12O4/c17-3-6-8(20)10(22)11(23)15(27-6)28-13-9(21)7(4-18)26-14(12(13)24)25-2-1-16-5-19;7-2-4-1-5(8)6(9)3-10-4/h5-15,17-18,20-24H,1-4H2,(H,16,19);4-9H,1-3H2/t6?,7?,8-,9-,10?,11?,12?,13?,14+,15-;/m1./s1. The number of carbonyl (C=O) groups is 1. The zero-order valence-corrected chi connectivity index (χ0v) is 20.5. The molecule has 3 fully saturated rings. The molecule has 0 radical (unpaired) electrons. The normalized spacial score (nSPS) is 43.6. The van der Waals surface area contributed by atoms with E-state index >= 15 is 0 Å². The Morgan fingerprint density at radius 1 is 0.763 bits per heavy atom. The van der Waals surface area contributed by atoms with Crippen LogP contribution >= 0.6 is 0 Å². The molecule has 224 valence electrons. The summed E-state index contributed by atoms with van der Waals surface area (Å²) in [5.74, 6) is 0. The lowest BCUT2D eigenvalue weighted by Gasteiger charge is -2.45. The minimum atomic E-state index is -1.75. The third-order valence-electron chi connectivity index (χ3n) is 6.23. The number of aliphatic hydroxyl groups excluding tert-OH is 10. The van der Waals surface area contributed by atoms with Gasteiger partial charge in [0.15, 0.2) is 12.6 Å². The highest BCUT2D eigenvalue weighted by Gasteiger charge is 2.50. The van der Waals surface area contributed by atoms with Crippen LogP contribution in [0.15, 0.2) is 0 Å². The largest absolute Gasteiger partial charge is 0.394 e. The monoisotopic (exact) mass is 561 g/mol. The van der Waals surface area contributed by atoms with E-state index in [-0.39, 0.29) is 32.5 Å². The van der Waals surface area contributed by atoms with Gasteiger partial charge in [0.2, 0.25) is 6.41 Å². The molecule has 3 heterocycles. The van der Waals surface area contributed by atoms with Gasteiger partial charge in [-0.25, -0.2) is 0 Å². The second-order valence-corrected chi connectivity index (χ2v) is 8.96. The van der Waals surface area contributed by atoms with Gasteiger partial charge in [0.1, 0.15) is 54.9 Å². The van der Waals surface area contributed by atoms with Gasteiger partial charge in [-0.3, -0.25) is 4.79 Å². The summed E-state index contributed by atoms with van der Waals surface area (Å²) < 4.78 is 26.1. The van der Waals surface area contributed by atoms with Crippen molar-refractivity contribution in [2.24, 2.45) is 0 Å².